The zero-order chi connectivity index (χ0) is 15.7. The van der Waals surface area contributed by atoms with Crippen LogP contribution in [0.4, 0.5) is 0 Å². The van der Waals surface area contributed by atoms with Crippen molar-refractivity contribution < 1.29 is 14.3 Å². The number of thiophene rings is 1. The van der Waals surface area contributed by atoms with Crippen LogP contribution in [0, 0.1) is 0 Å². The molecule has 0 radical (unpaired) electrons. The van der Waals surface area contributed by atoms with Gasteiger partial charge in [-0.15, -0.1) is 11.3 Å². The molecule has 114 valence electrons. The fourth-order valence-electron chi connectivity index (χ4n) is 2.40. The Hall–Kier alpha value is -2.27. The van der Waals surface area contributed by atoms with Gasteiger partial charge in [0.2, 0.25) is 5.78 Å². The second-order valence-electron chi connectivity index (χ2n) is 5.31. The van der Waals surface area contributed by atoms with Crippen molar-refractivity contribution in [3.63, 3.8) is 0 Å². The van der Waals surface area contributed by atoms with Crippen molar-refractivity contribution in [2.24, 2.45) is 5.73 Å². The number of hydrogen-bond donors (Lipinski definition) is 1. The lowest BCUT2D eigenvalue weighted by Gasteiger charge is -2.11. The van der Waals surface area contributed by atoms with E-state index >= 15 is 0 Å². The van der Waals surface area contributed by atoms with E-state index in [0.717, 1.165) is 10.4 Å². The highest BCUT2D eigenvalue weighted by Crippen LogP contribution is 2.38. The van der Waals surface area contributed by atoms with Gasteiger partial charge in [-0.3, -0.25) is 4.79 Å². The van der Waals surface area contributed by atoms with Crippen LogP contribution in [-0.4, -0.2) is 11.9 Å². The molecule has 0 saturated carbocycles. The number of ether oxygens (including phenoxy) is 2. The SMILES string of the molecule is CC(C)Oc1cccc(C2=C(N)OC(c3cccs3)C2=O)c1. The fourth-order valence-corrected chi connectivity index (χ4v) is 3.15. The first-order valence-corrected chi connectivity index (χ1v) is 7.95. The molecule has 2 N–H and O–H groups in total. The first-order chi connectivity index (χ1) is 10.6. The highest BCUT2D eigenvalue weighted by Gasteiger charge is 2.36. The molecule has 1 aromatic heterocycles. The van der Waals surface area contributed by atoms with Crippen molar-refractivity contribution in [1.29, 1.82) is 0 Å². The van der Waals surface area contributed by atoms with Gasteiger partial charge in [-0.2, -0.15) is 0 Å². The van der Waals surface area contributed by atoms with Gasteiger partial charge in [-0.05, 0) is 43.0 Å². The van der Waals surface area contributed by atoms with Crippen LogP contribution in [0.15, 0.2) is 47.7 Å². The van der Waals surface area contributed by atoms with Gasteiger partial charge in [0.25, 0.3) is 0 Å². The first-order valence-electron chi connectivity index (χ1n) is 7.07. The molecule has 0 saturated heterocycles. The number of rotatable bonds is 4. The smallest absolute Gasteiger partial charge is 0.214 e. The van der Waals surface area contributed by atoms with E-state index in [1.807, 2.05) is 55.6 Å². The van der Waals surface area contributed by atoms with E-state index in [9.17, 15) is 4.79 Å². The van der Waals surface area contributed by atoms with E-state index in [2.05, 4.69) is 0 Å². The van der Waals surface area contributed by atoms with E-state index in [0.29, 0.717) is 11.3 Å². The van der Waals surface area contributed by atoms with Crippen LogP contribution in [0.2, 0.25) is 0 Å². The summed E-state index contributed by atoms with van der Waals surface area (Å²) >= 11 is 1.48. The molecule has 2 aromatic rings. The average Bonchev–Trinajstić information content (AvgIpc) is 3.06. The lowest BCUT2D eigenvalue weighted by Crippen LogP contribution is -2.08. The molecule has 1 aliphatic rings. The maximum absolute atomic E-state index is 12.7. The largest absolute Gasteiger partial charge is 0.491 e. The summed E-state index contributed by atoms with van der Waals surface area (Å²) in [5, 5.41) is 1.91. The van der Waals surface area contributed by atoms with Crippen LogP contribution < -0.4 is 10.5 Å². The Labute approximate surface area is 133 Å². The second-order valence-corrected chi connectivity index (χ2v) is 6.29. The zero-order valence-electron chi connectivity index (χ0n) is 12.4. The minimum atomic E-state index is -0.635. The van der Waals surface area contributed by atoms with Crippen molar-refractivity contribution in [2.75, 3.05) is 0 Å². The van der Waals surface area contributed by atoms with Gasteiger partial charge in [-0.25, -0.2) is 0 Å². The maximum atomic E-state index is 12.7. The first kappa shape index (κ1) is 14.7. The number of Topliss-reactive ketones (excluding diaryl/α,β-unsaturated/α-hetero) is 1. The Morgan fingerprint density at radius 3 is 2.77 bits per heavy atom. The molecule has 2 heterocycles. The number of ketones is 1. The number of carbonyl (C=O) groups excluding carboxylic acids is 1. The summed E-state index contributed by atoms with van der Waals surface area (Å²) < 4.78 is 11.3. The van der Waals surface area contributed by atoms with E-state index < -0.39 is 6.10 Å². The van der Waals surface area contributed by atoms with Gasteiger partial charge in [0, 0.05) is 0 Å². The normalized spacial score (nSPS) is 18.0. The second kappa shape index (κ2) is 5.85. The summed E-state index contributed by atoms with van der Waals surface area (Å²) in [5.41, 5.74) is 7.10. The van der Waals surface area contributed by atoms with Gasteiger partial charge in [0.05, 0.1) is 16.6 Å². The van der Waals surface area contributed by atoms with Gasteiger partial charge in [0.15, 0.2) is 12.0 Å². The van der Waals surface area contributed by atoms with Crippen LogP contribution in [0.1, 0.15) is 30.4 Å². The van der Waals surface area contributed by atoms with E-state index in [1.165, 1.54) is 11.3 Å². The summed E-state index contributed by atoms with van der Waals surface area (Å²) in [5.74, 6) is 0.770. The summed E-state index contributed by atoms with van der Waals surface area (Å²) in [4.78, 5) is 13.5. The molecular formula is C17H17NO3S. The molecule has 0 fully saturated rings. The van der Waals surface area contributed by atoms with Crippen molar-refractivity contribution in [3.8, 4) is 5.75 Å². The molecule has 0 bridgehead atoms. The van der Waals surface area contributed by atoms with Crippen LogP contribution >= 0.6 is 11.3 Å². The Morgan fingerprint density at radius 1 is 1.27 bits per heavy atom. The van der Waals surface area contributed by atoms with Crippen molar-refractivity contribution in [1.82, 2.24) is 0 Å². The third-order valence-corrected chi connectivity index (χ3v) is 4.19. The minimum absolute atomic E-state index is 0.0657. The van der Waals surface area contributed by atoms with Crippen molar-refractivity contribution >= 4 is 22.7 Å². The molecule has 4 nitrogen and oxygen atoms in total. The predicted molar refractivity (Wildman–Crippen MR) is 86.5 cm³/mol. The Balaban J connectivity index is 1.91. The average molecular weight is 315 g/mol. The molecule has 0 spiro atoms. The summed E-state index contributed by atoms with van der Waals surface area (Å²) in [7, 11) is 0. The summed E-state index contributed by atoms with van der Waals surface area (Å²) in [6.45, 7) is 3.91. The number of benzene rings is 1. The maximum Gasteiger partial charge on any atom is 0.214 e. The standard InChI is InChI=1S/C17H17NO3S/c1-10(2)20-12-6-3-5-11(9-12)14-15(19)16(21-17(14)18)13-7-4-8-22-13/h3-10,16H,18H2,1-2H3. The van der Waals surface area contributed by atoms with E-state index in [-0.39, 0.29) is 17.8 Å². The van der Waals surface area contributed by atoms with Crippen LogP contribution in [-0.2, 0) is 9.53 Å². The fraction of sp³-hybridized carbons (Fsp3) is 0.235. The van der Waals surface area contributed by atoms with Gasteiger partial charge < -0.3 is 15.2 Å². The van der Waals surface area contributed by atoms with Gasteiger partial charge in [-0.1, -0.05) is 18.2 Å². The monoisotopic (exact) mass is 315 g/mol. The summed E-state index contributed by atoms with van der Waals surface area (Å²) in [6, 6.07) is 11.1. The number of nitrogens with two attached hydrogens (primary N) is 1. The molecule has 0 amide bonds. The minimum Gasteiger partial charge on any atom is -0.491 e. The van der Waals surface area contributed by atoms with Gasteiger partial charge >= 0.3 is 0 Å². The highest BCUT2D eigenvalue weighted by molar-refractivity contribution is 7.10. The van der Waals surface area contributed by atoms with Crippen LogP contribution in [0.5, 0.6) is 5.75 Å². The van der Waals surface area contributed by atoms with E-state index in [4.69, 9.17) is 15.2 Å². The molecule has 1 unspecified atom stereocenters. The molecule has 1 aromatic carbocycles. The molecule has 22 heavy (non-hydrogen) atoms. The molecule has 3 rings (SSSR count). The zero-order valence-corrected chi connectivity index (χ0v) is 13.2. The topological polar surface area (TPSA) is 61.6 Å². The third-order valence-electron chi connectivity index (χ3n) is 3.27. The molecular weight excluding hydrogens is 298 g/mol. The Morgan fingerprint density at radius 2 is 2.09 bits per heavy atom. The Bertz CT molecular complexity index is 719. The van der Waals surface area contributed by atoms with Crippen LogP contribution in [0.3, 0.4) is 0 Å². The molecule has 0 aliphatic carbocycles. The lowest BCUT2D eigenvalue weighted by molar-refractivity contribution is -0.120. The summed E-state index contributed by atoms with van der Waals surface area (Å²) in [6.07, 6.45) is -0.569. The Kier molecular flexibility index (Phi) is 3.90. The molecule has 5 heteroatoms. The molecule has 1 atom stereocenters. The third kappa shape index (κ3) is 2.72. The van der Waals surface area contributed by atoms with Crippen molar-refractivity contribution in [3.05, 3.63) is 58.1 Å². The van der Waals surface area contributed by atoms with Gasteiger partial charge in [0.1, 0.15) is 5.75 Å². The van der Waals surface area contributed by atoms with E-state index in [1.54, 1.807) is 0 Å². The number of hydrogen-bond acceptors (Lipinski definition) is 5. The highest BCUT2D eigenvalue weighted by atomic mass is 32.1. The van der Waals surface area contributed by atoms with Crippen molar-refractivity contribution in [2.45, 2.75) is 26.1 Å². The lowest BCUT2D eigenvalue weighted by atomic mass is 10.00. The molecule has 1 aliphatic heterocycles. The predicted octanol–water partition coefficient (Wildman–Crippen LogP) is 3.50. The number of carbonyl (C=O) groups is 1. The quantitative estimate of drug-likeness (QED) is 0.938. The van der Waals surface area contributed by atoms with Crippen LogP contribution in [0.25, 0.3) is 5.57 Å².